The second kappa shape index (κ2) is 9.93. The van der Waals surface area contributed by atoms with E-state index in [0.29, 0.717) is 12.4 Å². The highest BCUT2D eigenvalue weighted by Crippen LogP contribution is 2.35. The van der Waals surface area contributed by atoms with Crippen molar-refractivity contribution in [1.82, 2.24) is 9.55 Å². The number of aromatic nitrogens is 2. The maximum absolute atomic E-state index is 13.2. The molecule has 0 saturated carbocycles. The van der Waals surface area contributed by atoms with E-state index in [-0.39, 0.29) is 31.0 Å². The molecule has 0 atom stereocenters. The summed E-state index contributed by atoms with van der Waals surface area (Å²) in [5, 5.41) is 0. The fourth-order valence-corrected chi connectivity index (χ4v) is 6.14. The van der Waals surface area contributed by atoms with Crippen molar-refractivity contribution in [1.29, 1.82) is 0 Å². The third-order valence-corrected chi connectivity index (χ3v) is 8.77. The number of primary amides is 1. The van der Waals surface area contributed by atoms with Gasteiger partial charge in [-0.15, -0.1) is 0 Å². The van der Waals surface area contributed by atoms with E-state index in [9.17, 15) is 13.2 Å². The van der Waals surface area contributed by atoms with E-state index >= 15 is 0 Å². The number of ether oxygens (including phenoxy) is 2. The normalized spacial score (nSPS) is 16.0. The van der Waals surface area contributed by atoms with Crippen LogP contribution in [-0.4, -0.2) is 48.4 Å². The lowest BCUT2D eigenvalue weighted by molar-refractivity contribution is -0.122. The quantitative estimate of drug-likeness (QED) is 0.455. The molecule has 2 heterocycles. The number of aryl methyl sites for hydroxylation is 1. The number of hydrogen-bond donors (Lipinski definition) is 1. The Morgan fingerprint density at radius 3 is 2.52 bits per heavy atom. The Balaban J connectivity index is 1.27. The number of sulfone groups is 1. The molecule has 0 spiro atoms. The van der Waals surface area contributed by atoms with Crippen molar-refractivity contribution in [3.05, 3.63) is 54.9 Å². The second-order valence-electron chi connectivity index (χ2n) is 8.28. The van der Waals surface area contributed by atoms with Gasteiger partial charge in [-0.1, -0.05) is 12.1 Å². The Kier molecular flexibility index (Phi) is 6.99. The number of para-hydroxylation sites is 2. The zero-order valence-corrected chi connectivity index (χ0v) is 19.3. The average Bonchev–Trinajstić information content (AvgIpc) is 3.25. The number of fused-ring (bicyclic) bond motifs is 1. The number of carbonyl (C=O) groups excluding carboxylic acids is 1. The van der Waals surface area contributed by atoms with Crippen LogP contribution in [0, 0.1) is 0 Å². The van der Waals surface area contributed by atoms with E-state index < -0.39 is 20.5 Å². The molecule has 1 fully saturated rings. The zero-order valence-electron chi connectivity index (χ0n) is 18.5. The lowest BCUT2D eigenvalue weighted by Crippen LogP contribution is -2.53. The molecule has 1 saturated heterocycles. The summed E-state index contributed by atoms with van der Waals surface area (Å²) >= 11 is 0. The van der Waals surface area contributed by atoms with Crippen LogP contribution in [0.4, 0.5) is 0 Å². The topological polar surface area (TPSA) is 114 Å². The molecule has 33 heavy (non-hydrogen) atoms. The van der Waals surface area contributed by atoms with Crippen molar-refractivity contribution < 1.29 is 22.7 Å². The summed E-state index contributed by atoms with van der Waals surface area (Å²) < 4.78 is 37.9. The first kappa shape index (κ1) is 23.3. The van der Waals surface area contributed by atoms with Gasteiger partial charge in [0.2, 0.25) is 5.91 Å². The Hall–Kier alpha value is -2.91. The Bertz CT molecular complexity index is 1200. The largest absolute Gasteiger partial charge is 0.494 e. The van der Waals surface area contributed by atoms with Crippen LogP contribution < -0.4 is 10.5 Å². The molecule has 1 aliphatic rings. The smallest absolute Gasteiger partial charge is 0.239 e. The molecule has 1 amide bonds. The van der Waals surface area contributed by atoms with Crippen LogP contribution in [-0.2, 0) is 25.9 Å². The number of carbonyl (C=O) groups is 1. The van der Waals surface area contributed by atoms with Crippen molar-refractivity contribution in [3.8, 4) is 5.75 Å². The first-order chi connectivity index (χ1) is 15.9. The lowest BCUT2D eigenvalue weighted by Gasteiger charge is -2.33. The summed E-state index contributed by atoms with van der Waals surface area (Å²) in [5.41, 5.74) is 7.66. The van der Waals surface area contributed by atoms with Gasteiger partial charge in [-0.05, 0) is 68.5 Å². The molecule has 2 N–H and O–H groups in total. The maximum atomic E-state index is 13.2. The van der Waals surface area contributed by atoms with Gasteiger partial charge in [-0.25, -0.2) is 13.4 Å². The molecule has 0 bridgehead atoms. The predicted octanol–water partition coefficient (Wildman–Crippen LogP) is 3.09. The molecular formula is C24H29N3O5S. The lowest BCUT2D eigenvalue weighted by atomic mass is 9.98. The van der Waals surface area contributed by atoms with Crippen molar-refractivity contribution >= 4 is 26.8 Å². The van der Waals surface area contributed by atoms with Crippen LogP contribution in [0.1, 0.15) is 32.1 Å². The van der Waals surface area contributed by atoms with Gasteiger partial charge < -0.3 is 19.8 Å². The van der Waals surface area contributed by atoms with Gasteiger partial charge >= 0.3 is 0 Å². The van der Waals surface area contributed by atoms with Gasteiger partial charge in [0.1, 0.15) is 5.75 Å². The first-order valence-corrected chi connectivity index (χ1v) is 12.7. The van der Waals surface area contributed by atoms with Crippen LogP contribution in [0.2, 0.25) is 0 Å². The van der Waals surface area contributed by atoms with Gasteiger partial charge in [0.25, 0.3) is 0 Å². The van der Waals surface area contributed by atoms with Crippen LogP contribution in [0.25, 0.3) is 11.0 Å². The molecule has 8 nitrogen and oxygen atoms in total. The van der Waals surface area contributed by atoms with Crippen LogP contribution in [0.3, 0.4) is 0 Å². The highest BCUT2D eigenvalue weighted by molar-refractivity contribution is 7.93. The minimum absolute atomic E-state index is 0.0672. The number of nitrogens with two attached hydrogens (primary N) is 1. The fourth-order valence-electron chi connectivity index (χ4n) is 4.23. The number of benzene rings is 2. The monoisotopic (exact) mass is 471 g/mol. The van der Waals surface area contributed by atoms with Gasteiger partial charge in [0.15, 0.2) is 14.6 Å². The minimum Gasteiger partial charge on any atom is -0.494 e. The number of imidazole rings is 1. The van der Waals surface area contributed by atoms with Crippen molar-refractivity contribution in [3.63, 3.8) is 0 Å². The summed E-state index contributed by atoms with van der Waals surface area (Å²) in [7, 11) is -3.93. The van der Waals surface area contributed by atoms with Crippen molar-refractivity contribution in [2.75, 3.05) is 19.8 Å². The van der Waals surface area contributed by atoms with Gasteiger partial charge in [0, 0.05) is 19.8 Å². The summed E-state index contributed by atoms with van der Waals surface area (Å²) in [4.78, 5) is 16.6. The van der Waals surface area contributed by atoms with Gasteiger partial charge in [-0.3, -0.25) is 4.79 Å². The number of amides is 1. The summed E-state index contributed by atoms with van der Waals surface area (Å²) in [6.07, 6.45) is 4.91. The Labute approximate surface area is 193 Å². The molecule has 1 aliphatic heterocycles. The van der Waals surface area contributed by atoms with E-state index in [0.717, 1.165) is 36.8 Å². The first-order valence-electron chi connectivity index (χ1n) is 11.2. The molecule has 1 aromatic heterocycles. The van der Waals surface area contributed by atoms with E-state index in [4.69, 9.17) is 15.2 Å². The molecule has 0 unspecified atom stereocenters. The summed E-state index contributed by atoms with van der Waals surface area (Å²) in [5.74, 6) is -0.232. The van der Waals surface area contributed by atoms with Gasteiger partial charge in [-0.2, -0.15) is 0 Å². The number of unbranched alkanes of at least 4 members (excludes halogenated alkanes) is 2. The summed E-state index contributed by atoms with van der Waals surface area (Å²) in [6, 6.07) is 14.3. The fraction of sp³-hybridized carbons (Fsp3) is 0.417. The van der Waals surface area contributed by atoms with Crippen LogP contribution in [0.5, 0.6) is 5.75 Å². The number of hydrogen-bond acceptors (Lipinski definition) is 6. The van der Waals surface area contributed by atoms with Crippen molar-refractivity contribution in [2.24, 2.45) is 5.73 Å². The zero-order chi connectivity index (χ0) is 23.3. The van der Waals surface area contributed by atoms with E-state index in [1.807, 2.05) is 24.5 Å². The van der Waals surface area contributed by atoms with Crippen LogP contribution >= 0.6 is 0 Å². The third-order valence-electron chi connectivity index (χ3n) is 6.24. The van der Waals surface area contributed by atoms with E-state index in [1.54, 1.807) is 12.1 Å². The molecule has 0 radical (unpaired) electrons. The predicted molar refractivity (Wildman–Crippen MR) is 125 cm³/mol. The standard InChI is InChI=1S/C24H29N3O5S/c25-23(28)24(12-16-31-17-13-24)33(29,30)20-10-8-19(9-11-20)32-15-5-1-4-14-27-18-26-21-6-2-3-7-22(21)27/h2-3,6-11,18H,1,4-5,12-17H2,(H2,25,28). The molecule has 3 aromatic rings. The molecule has 176 valence electrons. The highest BCUT2D eigenvalue weighted by atomic mass is 32.2. The second-order valence-corrected chi connectivity index (χ2v) is 10.5. The molecule has 9 heteroatoms. The van der Waals surface area contributed by atoms with Crippen LogP contribution in [0.15, 0.2) is 59.8 Å². The van der Waals surface area contributed by atoms with E-state index in [2.05, 4.69) is 15.6 Å². The SMILES string of the molecule is NC(=O)C1(S(=O)(=O)c2ccc(OCCCCCn3cnc4ccccc43)cc2)CCOCC1. The minimum atomic E-state index is -3.93. The Morgan fingerprint density at radius 2 is 1.79 bits per heavy atom. The molecule has 2 aromatic carbocycles. The Morgan fingerprint density at radius 1 is 1.06 bits per heavy atom. The molecule has 4 rings (SSSR count). The van der Waals surface area contributed by atoms with E-state index in [1.165, 1.54) is 12.1 Å². The summed E-state index contributed by atoms with van der Waals surface area (Å²) in [6.45, 7) is 1.83. The highest BCUT2D eigenvalue weighted by Gasteiger charge is 2.51. The average molecular weight is 472 g/mol. The number of nitrogens with zero attached hydrogens (tertiary/aromatic N) is 2. The molecular weight excluding hydrogens is 442 g/mol. The molecule has 0 aliphatic carbocycles. The number of rotatable bonds is 10. The van der Waals surface area contributed by atoms with Gasteiger partial charge in [0.05, 0.1) is 28.9 Å². The van der Waals surface area contributed by atoms with Crippen molar-refractivity contribution in [2.45, 2.75) is 48.3 Å². The maximum Gasteiger partial charge on any atom is 0.239 e. The third kappa shape index (κ3) is 4.74.